The van der Waals surface area contributed by atoms with Gasteiger partial charge in [-0.15, -0.1) is 0 Å². The number of nitro benzene ring substituents is 1. The molecule has 0 heterocycles. The molecule has 0 spiro atoms. The topological polar surface area (TPSA) is 123 Å². The molecule has 0 saturated heterocycles. The van der Waals surface area contributed by atoms with Crippen LogP contribution in [0.2, 0.25) is 0 Å². The number of ether oxygens (including phenoxy) is 1. The van der Waals surface area contributed by atoms with Crippen molar-refractivity contribution in [3.63, 3.8) is 0 Å². The van der Waals surface area contributed by atoms with E-state index in [9.17, 15) is 19.7 Å². The molecule has 0 saturated carbocycles. The first-order chi connectivity index (χ1) is 15.8. The first kappa shape index (κ1) is 23.6. The molecule has 3 aromatic carbocycles. The van der Waals surface area contributed by atoms with Gasteiger partial charge >= 0.3 is 0 Å². The number of nitrogens with zero attached hydrogens (tertiary/aromatic N) is 2. The maximum Gasteiger partial charge on any atom is 0.271 e. The van der Waals surface area contributed by atoms with E-state index in [4.69, 9.17) is 4.74 Å². The lowest BCUT2D eigenvalue weighted by molar-refractivity contribution is -0.384. The van der Waals surface area contributed by atoms with Crippen molar-refractivity contribution in [1.29, 1.82) is 0 Å². The quantitative estimate of drug-likeness (QED) is 0.259. The molecule has 0 radical (unpaired) electrons. The third-order valence-electron chi connectivity index (χ3n) is 4.33. The summed E-state index contributed by atoms with van der Waals surface area (Å²) >= 11 is 3.40. The number of nitrogens with one attached hydrogen (secondary N) is 2. The van der Waals surface area contributed by atoms with Crippen LogP contribution in [0.5, 0.6) is 5.75 Å². The zero-order valence-electron chi connectivity index (χ0n) is 17.4. The van der Waals surface area contributed by atoms with Gasteiger partial charge in [-0.1, -0.05) is 22.0 Å². The fourth-order valence-electron chi connectivity index (χ4n) is 2.79. The maximum absolute atomic E-state index is 12.4. The number of amides is 2. The first-order valence-electron chi connectivity index (χ1n) is 9.68. The Balaban J connectivity index is 1.67. The van der Waals surface area contributed by atoms with Gasteiger partial charge in [-0.2, -0.15) is 5.10 Å². The number of rotatable bonds is 8. The molecule has 0 aliphatic rings. The smallest absolute Gasteiger partial charge is 0.271 e. The van der Waals surface area contributed by atoms with E-state index in [0.29, 0.717) is 22.6 Å². The van der Waals surface area contributed by atoms with Crippen molar-refractivity contribution in [3.05, 3.63) is 98.0 Å². The lowest BCUT2D eigenvalue weighted by Gasteiger charge is -2.10. The van der Waals surface area contributed by atoms with E-state index < -0.39 is 10.8 Å². The first-order valence-corrected chi connectivity index (χ1v) is 10.5. The number of non-ortho nitro benzene ring substituents is 1. The summed E-state index contributed by atoms with van der Waals surface area (Å²) in [4.78, 5) is 33.9. The van der Waals surface area contributed by atoms with Crippen molar-refractivity contribution in [1.82, 2.24) is 5.43 Å². The zero-order chi connectivity index (χ0) is 23.8. The van der Waals surface area contributed by atoms with E-state index in [2.05, 4.69) is 31.8 Å². The summed E-state index contributed by atoms with van der Waals surface area (Å²) in [5.41, 5.74) is 4.67. The SMILES string of the molecule is CC(=O)Nc1cccc(C(=O)N/N=C\c2cc(Br)ccc2OCc2ccc([N+](=O)[O-])cc2)c1. The van der Waals surface area contributed by atoms with E-state index in [1.165, 1.54) is 25.3 Å². The lowest BCUT2D eigenvalue weighted by atomic mass is 10.2. The molecule has 10 heteroatoms. The van der Waals surface area contributed by atoms with Gasteiger partial charge in [0.05, 0.1) is 11.1 Å². The fourth-order valence-corrected chi connectivity index (χ4v) is 3.17. The van der Waals surface area contributed by atoms with Gasteiger partial charge in [0.2, 0.25) is 5.91 Å². The molecule has 0 unspecified atom stereocenters. The predicted molar refractivity (Wildman–Crippen MR) is 127 cm³/mol. The minimum atomic E-state index is -0.460. The fraction of sp³-hybridized carbons (Fsp3) is 0.0870. The molecule has 0 atom stereocenters. The standard InChI is InChI=1S/C23H19BrN4O5/c1-15(29)26-20-4-2-3-17(12-20)23(30)27-25-13-18-11-19(24)7-10-22(18)33-14-16-5-8-21(9-6-16)28(31)32/h2-13H,14H2,1H3,(H,26,29)(H,27,30)/b25-13-. The van der Waals surface area contributed by atoms with Crippen LogP contribution in [0.25, 0.3) is 0 Å². The van der Waals surface area contributed by atoms with Crippen LogP contribution in [-0.2, 0) is 11.4 Å². The van der Waals surface area contributed by atoms with E-state index in [1.807, 2.05) is 0 Å². The maximum atomic E-state index is 12.4. The second-order valence-corrected chi connectivity index (χ2v) is 7.77. The number of carbonyl (C=O) groups is 2. The molecule has 2 N–H and O–H groups in total. The molecule has 3 rings (SSSR count). The summed E-state index contributed by atoms with van der Waals surface area (Å²) in [6.45, 7) is 1.58. The average Bonchev–Trinajstić information content (AvgIpc) is 2.78. The lowest BCUT2D eigenvalue weighted by Crippen LogP contribution is -2.18. The summed E-state index contributed by atoms with van der Waals surface area (Å²) in [5.74, 6) is -0.162. The van der Waals surface area contributed by atoms with Crippen molar-refractivity contribution in [2.45, 2.75) is 13.5 Å². The largest absolute Gasteiger partial charge is 0.488 e. The highest BCUT2D eigenvalue weighted by Crippen LogP contribution is 2.23. The van der Waals surface area contributed by atoms with Gasteiger partial charge in [0.15, 0.2) is 0 Å². The average molecular weight is 511 g/mol. The molecule has 0 fully saturated rings. The Morgan fingerprint density at radius 1 is 1.12 bits per heavy atom. The summed E-state index contributed by atoms with van der Waals surface area (Å²) in [7, 11) is 0. The van der Waals surface area contributed by atoms with Crippen LogP contribution in [0.4, 0.5) is 11.4 Å². The van der Waals surface area contributed by atoms with Crippen LogP contribution in [0.1, 0.15) is 28.4 Å². The van der Waals surface area contributed by atoms with Crippen molar-refractivity contribution < 1.29 is 19.2 Å². The number of benzene rings is 3. The second-order valence-electron chi connectivity index (χ2n) is 6.86. The van der Waals surface area contributed by atoms with Crippen LogP contribution in [0, 0.1) is 10.1 Å². The number of hydrazone groups is 1. The molecular formula is C23H19BrN4O5. The van der Waals surface area contributed by atoms with Crippen LogP contribution in [0.3, 0.4) is 0 Å². The summed E-state index contributed by atoms with van der Waals surface area (Å²) in [5, 5.41) is 17.4. The highest BCUT2D eigenvalue weighted by molar-refractivity contribution is 9.10. The number of anilines is 1. The Labute approximate surface area is 197 Å². The molecule has 0 aliphatic heterocycles. The normalized spacial score (nSPS) is 10.6. The van der Waals surface area contributed by atoms with Crippen LogP contribution >= 0.6 is 15.9 Å². The Morgan fingerprint density at radius 3 is 2.58 bits per heavy atom. The molecule has 0 bridgehead atoms. The van der Waals surface area contributed by atoms with Crippen molar-refractivity contribution in [2.24, 2.45) is 5.10 Å². The summed E-state index contributed by atoms with van der Waals surface area (Å²) < 4.78 is 6.63. The number of hydrogen-bond donors (Lipinski definition) is 2. The Bertz CT molecular complexity index is 1210. The van der Waals surface area contributed by atoms with Gasteiger partial charge in [-0.05, 0) is 54.1 Å². The molecule has 3 aromatic rings. The van der Waals surface area contributed by atoms with Gasteiger partial charge in [0, 0.05) is 40.3 Å². The van der Waals surface area contributed by atoms with E-state index in [0.717, 1.165) is 10.0 Å². The van der Waals surface area contributed by atoms with Crippen molar-refractivity contribution in [3.8, 4) is 5.75 Å². The van der Waals surface area contributed by atoms with Crippen LogP contribution in [-0.4, -0.2) is 23.0 Å². The van der Waals surface area contributed by atoms with Crippen LogP contribution in [0.15, 0.2) is 76.3 Å². The summed E-state index contributed by atoms with van der Waals surface area (Å²) in [6.07, 6.45) is 1.45. The summed E-state index contributed by atoms with van der Waals surface area (Å²) in [6, 6.07) is 17.9. The van der Waals surface area contributed by atoms with Crippen LogP contribution < -0.4 is 15.5 Å². The Kier molecular flexibility index (Phi) is 7.87. The number of halogens is 1. The third kappa shape index (κ3) is 6.97. The third-order valence-corrected chi connectivity index (χ3v) is 4.82. The minimum Gasteiger partial charge on any atom is -0.488 e. The van der Waals surface area contributed by atoms with Crippen molar-refractivity contribution in [2.75, 3.05) is 5.32 Å². The van der Waals surface area contributed by atoms with E-state index in [1.54, 1.807) is 54.6 Å². The molecule has 0 aliphatic carbocycles. The minimum absolute atomic E-state index is 0.00793. The van der Waals surface area contributed by atoms with E-state index in [-0.39, 0.29) is 18.2 Å². The molecular weight excluding hydrogens is 492 g/mol. The molecule has 0 aromatic heterocycles. The Morgan fingerprint density at radius 2 is 1.88 bits per heavy atom. The number of nitro groups is 1. The van der Waals surface area contributed by atoms with Gasteiger partial charge in [0.1, 0.15) is 12.4 Å². The van der Waals surface area contributed by atoms with Gasteiger partial charge in [-0.3, -0.25) is 19.7 Å². The number of hydrogen-bond acceptors (Lipinski definition) is 6. The van der Waals surface area contributed by atoms with Gasteiger partial charge < -0.3 is 10.1 Å². The molecule has 168 valence electrons. The Hall–Kier alpha value is -4.05. The molecule has 33 heavy (non-hydrogen) atoms. The van der Waals surface area contributed by atoms with Gasteiger partial charge in [-0.25, -0.2) is 5.43 Å². The molecule has 9 nitrogen and oxygen atoms in total. The monoisotopic (exact) mass is 510 g/mol. The van der Waals surface area contributed by atoms with Gasteiger partial charge in [0.25, 0.3) is 11.6 Å². The predicted octanol–water partition coefficient (Wildman–Crippen LogP) is 4.66. The molecule has 2 amide bonds. The zero-order valence-corrected chi connectivity index (χ0v) is 19.0. The number of carbonyl (C=O) groups excluding carboxylic acids is 2. The van der Waals surface area contributed by atoms with Crippen molar-refractivity contribution >= 4 is 45.3 Å². The van der Waals surface area contributed by atoms with E-state index >= 15 is 0 Å². The highest BCUT2D eigenvalue weighted by Gasteiger charge is 2.08. The second kappa shape index (κ2) is 11.0. The highest BCUT2D eigenvalue weighted by atomic mass is 79.9.